The Morgan fingerprint density at radius 3 is 2.72 bits per heavy atom. The largest absolute Gasteiger partial charge is 0.322 e. The van der Waals surface area contributed by atoms with Gasteiger partial charge in [0.15, 0.2) is 0 Å². The number of hydrogen-bond donors (Lipinski definition) is 2. The molecule has 6 heteroatoms. The molecule has 1 aromatic carbocycles. The Kier molecular flexibility index (Phi) is 3.85. The van der Waals surface area contributed by atoms with E-state index in [1.165, 1.54) is 6.08 Å². The summed E-state index contributed by atoms with van der Waals surface area (Å²) < 4.78 is 13.2. The van der Waals surface area contributed by atoms with Crippen molar-refractivity contribution in [2.75, 3.05) is 5.32 Å². The van der Waals surface area contributed by atoms with E-state index in [0.29, 0.717) is 24.1 Å². The van der Waals surface area contributed by atoms with Gasteiger partial charge < -0.3 is 5.32 Å². The van der Waals surface area contributed by atoms with Crippen molar-refractivity contribution in [1.82, 2.24) is 15.2 Å². The van der Waals surface area contributed by atoms with Gasteiger partial charge >= 0.3 is 0 Å². The second-order valence-electron chi connectivity index (χ2n) is 5.83. The van der Waals surface area contributed by atoms with Crippen molar-refractivity contribution >= 4 is 28.1 Å². The first-order valence-corrected chi connectivity index (χ1v) is 7.96. The van der Waals surface area contributed by atoms with Crippen LogP contribution in [-0.2, 0) is 0 Å². The highest BCUT2D eigenvalue weighted by Crippen LogP contribution is 2.31. The third-order valence-electron chi connectivity index (χ3n) is 4.17. The third-order valence-corrected chi connectivity index (χ3v) is 4.17. The van der Waals surface area contributed by atoms with Gasteiger partial charge in [-0.25, -0.2) is 4.39 Å². The van der Waals surface area contributed by atoms with Crippen molar-refractivity contribution in [2.24, 2.45) is 0 Å². The lowest BCUT2D eigenvalue weighted by molar-refractivity contribution is 0.102. The van der Waals surface area contributed by atoms with Gasteiger partial charge in [-0.15, -0.1) is 0 Å². The van der Waals surface area contributed by atoms with Gasteiger partial charge in [-0.05, 0) is 48.4 Å². The number of halogens is 1. The number of amides is 1. The molecule has 0 saturated heterocycles. The van der Waals surface area contributed by atoms with Crippen LogP contribution in [0, 0.1) is 0 Å². The van der Waals surface area contributed by atoms with Crippen LogP contribution in [0.1, 0.15) is 28.9 Å². The Morgan fingerprint density at radius 1 is 1.12 bits per heavy atom. The molecule has 0 radical (unpaired) electrons. The first kappa shape index (κ1) is 15.3. The van der Waals surface area contributed by atoms with Crippen LogP contribution in [-0.4, -0.2) is 21.1 Å². The zero-order valence-electron chi connectivity index (χ0n) is 13.3. The molecular weight excluding hydrogens is 319 g/mol. The van der Waals surface area contributed by atoms with Gasteiger partial charge in [0.1, 0.15) is 5.83 Å². The van der Waals surface area contributed by atoms with Crippen LogP contribution in [0.15, 0.2) is 60.7 Å². The number of anilines is 1. The van der Waals surface area contributed by atoms with E-state index in [1.807, 2.05) is 6.07 Å². The Balaban J connectivity index is 1.68. The fraction of sp³-hybridized carbons (Fsp3) is 0.105. The predicted octanol–water partition coefficient (Wildman–Crippen LogP) is 4.24. The van der Waals surface area contributed by atoms with Crippen molar-refractivity contribution in [3.63, 3.8) is 0 Å². The van der Waals surface area contributed by atoms with Crippen molar-refractivity contribution in [3.8, 4) is 0 Å². The molecule has 2 heterocycles. The van der Waals surface area contributed by atoms with Crippen LogP contribution in [0.2, 0.25) is 0 Å². The number of fused-ring (bicyclic) bond motifs is 1. The number of rotatable bonds is 3. The molecule has 5 nitrogen and oxygen atoms in total. The molecule has 124 valence electrons. The zero-order chi connectivity index (χ0) is 17.2. The van der Waals surface area contributed by atoms with Crippen molar-refractivity contribution in [1.29, 1.82) is 0 Å². The van der Waals surface area contributed by atoms with E-state index in [0.717, 1.165) is 22.2 Å². The molecule has 2 aromatic heterocycles. The number of pyridine rings is 1. The highest BCUT2D eigenvalue weighted by atomic mass is 19.1. The molecule has 3 aromatic rings. The quantitative estimate of drug-likeness (QED) is 0.752. The summed E-state index contributed by atoms with van der Waals surface area (Å²) in [4.78, 5) is 16.4. The van der Waals surface area contributed by atoms with Crippen LogP contribution >= 0.6 is 0 Å². The Morgan fingerprint density at radius 2 is 1.96 bits per heavy atom. The van der Waals surface area contributed by atoms with E-state index < -0.39 is 0 Å². The smallest absolute Gasteiger partial charge is 0.255 e. The molecule has 1 aliphatic rings. The standard InChI is InChI=1S/C19H15FN4O/c20-14-4-1-12(2-5-14)18-16-11-13(3-6-17(16)23-24-18)19(25)22-15-7-9-21-10-8-15/h1,3-4,6-11H,2,5H2,(H,23,24)(H,21,22,25). The lowest BCUT2D eigenvalue weighted by Gasteiger charge is -2.09. The topological polar surface area (TPSA) is 70.7 Å². The van der Waals surface area contributed by atoms with Gasteiger partial charge in [0.25, 0.3) is 5.91 Å². The Bertz CT molecular complexity index is 1000. The minimum absolute atomic E-state index is 0.124. The maximum absolute atomic E-state index is 13.2. The molecule has 0 unspecified atom stereocenters. The van der Waals surface area contributed by atoms with Crippen LogP contribution in [0.25, 0.3) is 16.5 Å². The zero-order valence-corrected chi connectivity index (χ0v) is 13.3. The van der Waals surface area contributed by atoms with Gasteiger partial charge in [0.05, 0.1) is 11.2 Å². The number of carbonyl (C=O) groups excluding carboxylic acids is 1. The summed E-state index contributed by atoms with van der Waals surface area (Å²) in [5.74, 6) is -0.329. The maximum atomic E-state index is 13.2. The van der Waals surface area contributed by atoms with Gasteiger partial charge in [0, 0.05) is 35.5 Å². The summed E-state index contributed by atoms with van der Waals surface area (Å²) in [5, 5.41) is 11.0. The number of aromatic nitrogens is 3. The molecule has 2 N–H and O–H groups in total. The number of benzene rings is 1. The summed E-state index contributed by atoms with van der Waals surface area (Å²) in [6.45, 7) is 0. The molecule has 0 aliphatic heterocycles. The Hall–Kier alpha value is -3.28. The molecule has 25 heavy (non-hydrogen) atoms. The van der Waals surface area contributed by atoms with Gasteiger partial charge in [-0.3, -0.25) is 14.9 Å². The predicted molar refractivity (Wildman–Crippen MR) is 94.7 cm³/mol. The van der Waals surface area contributed by atoms with Crippen molar-refractivity contribution < 1.29 is 9.18 Å². The van der Waals surface area contributed by atoms with E-state index in [-0.39, 0.29) is 11.7 Å². The van der Waals surface area contributed by atoms with Gasteiger partial charge in [-0.1, -0.05) is 6.08 Å². The molecule has 0 saturated carbocycles. The Labute approximate surface area is 143 Å². The maximum Gasteiger partial charge on any atom is 0.255 e. The summed E-state index contributed by atoms with van der Waals surface area (Å²) in [5.41, 5.74) is 3.77. The van der Waals surface area contributed by atoms with Crippen LogP contribution < -0.4 is 5.32 Å². The first-order chi connectivity index (χ1) is 12.2. The number of aromatic amines is 1. The van der Waals surface area contributed by atoms with Crippen molar-refractivity contribution in [2.45, 2.75) is 12.8 Å². The monoisotopic (exact) mass is 334 g/mol. The van der Waals surface area contributed by atoms with E-state index in [2.05, 4.69) is 20.5 Å². The van der Waals surface area contributed by atoms with Gasteiger partial charge in [-0.2, -0.15) is 5.10 Å². The fourth-order valence-corrected chi connectivity index (χ4v) is 2.85. The minimum atomic E-state index is -0.205. The molecule has 0 spiro atoms. The second-order valence-corrected chi connectivity index (χ2v) is 5.83. The van der Waals surface area contributed by atoms with Crippen molar-refractivity contribution in [3.05, 3.63) is 72.0 Å². The molecule has 0 atom stereocenters. The summed E-state index contributed by atoms with van der Waals surface area (Å²) in [7, 11) is 0. The summed E-state index contributed by atoms with van der Waals surface area (Å²) in [6.07, 6.45) is 7.43. The highest BCUT2D eigenvalue weighted by molar-refractivity contribution is 6.07. The number of carbonyl (C=O) groups is 1. The van der Waals surface area contributed by atoms with Gasteiger partial charge in [0.2, 0.25) is 0 Å². The van der Waals surface area contributed by atoms with E-state index in [9.17, 15) is 9.18 Å². The second kappa shape index (κ2) is 6.32. The van der Waals surface area contributed by atoms with E-state index >= 15 is 0 Å². The van der Waals surface area contributed by atoms with Crippen LogP contribution in [0.4, 0.5) is 10.1 Å². The average molecular weight is 334 g/mol. The highest BCUT2D eigenvalue weighted by Gasteiger charge is 2.16. The number of hydrogen-bond acceptors (Lipinski definition) is 3. The lowest BCUT2D eigenvalue weighted by atomic mass is 9.98. The number of nitrogens with one attached hydrogen (secondary N) is 2. The SMILES string of the molecule is O=C(Nc1ccncc1)c1ccc2[nH]nc(C3=CC=C(F)CC3)c2c1. The number of allylic oxidation sites excluding steroid dienone is 4. The van der Waals surface area contributed by atoms with Crippen LogP contribution in [0.5, 0.6) is 0 Å². The van der Waals surface area contributed by atoms with Crippen LogP contribution in [0.3, 0.4) is 0 Å². The molecule has 1 aliphatic carbocycles. The summed E-state index contributed by atoms with van der Waals surface area (Å²) >= 11 is 0. The fourth-order valence-electron chi connectivity index (χ4n) is 2.85. The lowest BCUT2D eigenvalue weighted by Crippen LogP contribution is -2.11. The normalized spacial score (nSPS) is 14.1. The molecule has 0 bridgehead atoms. The molecular formula is C19H15FN4O. The molecule has 1 amide bonds. The van der Waals surface area contributed by atoms with E-state index in [4.69, 9.17) is 0 Å². The molecule has 4 rings (SSSR count). The summed E-state index contributed by atoms with van der Waals surface area (Å²) in [6, 6.07) is 8.84. The minimum Gasteiger partial charge on any atom is -0.322 e. The molecule has 0 fully saturated rings. The average Bonchev–Trinajstić information content (AvgIpc) is 3.06. The number of H-pyrrole nitrogens is 1. The number of nitrogens with zero attached hydrogens (tertiary/aromatic N) is 2. The first-order valence-electron chi connectivity index (χ1n) is 7.96. The third kappa shape index (κ3) is 3.06. The van der Waals surface area contributed by atoms with E-state index in [1.54, 1.807) is 42.7 Å².